The summed E-state index contributed by atoms with van der Waals surface area (Å²) >= 11 is 0. The highest BCUT2D eigenvalue weighted by Gasteiger charge is 2.08. The number of likely N-dealkylation sites (tertiary alicyclic amines) is 1. The monoisotopic (exact) mass is 435 g/mol. The lowest BCUT2D eigenvalue weighted by Gasteiger charge is -2.20. The van der Waals surface area contributed by atoms with Gasteiger partial charge >= 0.3 is 0 Å². The average molecular weight is 435 g/mol. The Balaban J connectivity index is 0.00000264. The first-order valence-corrected chi connectivity index (χ1v) is 8.29. The third-order valence-electron chi connectivity index (χ3n) is 4.08. The van der Waals surface area contributed by atoms with Gasteiger partial charge in [0.05, 0.1) is 6.54 Å². The second kappa shape index (κ2) is 11.6. The van der Waals surface area contributed by atoms with E-state index in [2.05, 4.69) is 30.6 Å². The van der Waals surface area contributed by atoms with Crippen molar-refractivity contribution in [3.05, 3.63) is 12.2 Å². The topological polar surface area (TPSA) is 70.4 Å². The zero-order valence-corrected chi connectivity index (χ0v) is 16.6. The summed E-state index contributed by atoms with van der Waals surface area (Å²) < 4.78 is 1.76. The van der Waals surface area contributed by atoms with E-state index in [9.17, 15) is 0 Å². The number of hydrogen-bond acceptors (Lipinski definition) is 4. The zero-order valence-electron chi connectivity index (χ0n) is 14.3. The molecule has 0 saturated carbocycles. The normalized spacial score (nSPS) is 16.5. The summed E-state index contributed by atoms with van der Waals surface area (Å²) in [5.41, 5.74) is 0. The summed E-state index contributed by atoms with van der Waals surface area (Å²) in [5.74, 6) is 1.71. The van der Waals surface area contributed by atoms with Crippen LogP contribution in [-0.2, 0) is 13.6 Å². The van der Waals surface area contributed by atoms with Crippen molar-refractivity contribution in [1.82, 2.24) is 30.3 Å². The highest BCUT2D eigenvalue weighted by atomic mass is 127. The molecule has 8 heteroatoms. The van der Waals surface area contributed by atoms with E-state index in [0.29, 0.717) is 6.54 Å². The van der Waals surface area contributed by atoms with E-state index in [1.807, 2.05) is 7.05 Å². The molecule has 1 saturated heterocycles. The second-order valence-corrected chi connectivity index (χ2v) is 5.76. The fourth-order valence-corrected chi connectivity index (χ4v) is 2.73. The molecule has 0 amide bonds. The van der Waals surface area contributed by atoms with Gasteiger partial charge in [-0.05, 0) is 38.9 Å². The van der Waals surface area contributed by atoms with Crippen molar-refractivity contribution in [3.8, 4) is 0 Å². The quantitative estimate of drug-likeness (QED) is 0.306. The molecule has 1 fully saturated rings. The maximum Gasteiger partial charge on any atom is 0.191 e. The van der Waals surface area contributed by atoms with E-state index >= 15 is 0 Å². The molecule has 0 spiro atoms. The summed E-state index contributed by atoms with van der Waals surface area (Å²) in [7, 11) is 3.68. The summed E-state index contributed by atoms with van der Waals surface area (Å²) in [6, 6.07) is 0. The van der Waals surface area contributed by atoms with Crippen LogP contribution in [0.25, 0.3) is 0 Å². The number of nitrogens with one attached hydrogen (secondary N) is 2. The van der Waals surface area contributed by atoms with Gasteiger partial charge in [0.15, 0.2) is 5.96 Å². The molecule has 1 aliphatic rings. The SMILES string of the molecule is CN=C(NCCCN1CCCCCC1)NCc1ncnn1C.I. The first-order valence-electron chi connectivity index (χ1n) is 8.29. The lowest BCUT2D eigenvalue weighted by Crippen LogP contribution is -2.39. The fourth-order valence-electron chi connectivity index (χ4n) is 2.73. The molecule has 2 rings (SSSR count). The Morgan fingerprint density at radius 2 is 1.96 bits per heavy atom. The largest absolute Gasteiger partial charge is 0.356 e. The van der Waals surface area contributed by atoms with Crippen molar-refractivity contribution in [2.75, 3.05) is 33.2 Å². The number of hydrogen-bond donors (Lipinski definition) is 2. The number of halogens is 1. The van der Waals surface area contributed by atoms with Gasteiger partial charge in [-0.2, -0.15) is 5.10 Å². The summed E-state index contributed by atoms with van der Waals surface area (Å²) in [6.07, 6.45) is 8.21. The Hall–Kier alpha value is -0.900. The second-order valence-electron chi connectivity index (χ2n) is 5.76. The van der Waals surface area contributed by atoms with Crippen LogP contribution in [0.2, 0.25) is 0 Å². The van der Waals surface area contributed by atoms with E-state index < -0.39 is 0 Å². The van der Waals surface area contributed by atoms with Crippen LogP contribution in [0, 0.1) is 0 Å². The maximum atomic E-state index is 4.24. The van der Waals surface area contributed by atoms with Crippen LogP contribution in [-0.4, -0.2) is 58.9 Å². The number of aryl methyl sites for hydroxylation is 1. The lowest BCUT2D eigenvalue weighted by atomic mass is 10.2. The van der Waals surface area contributed by atoms with Crippen LogP contribution in [0.3, 0.4) is 0 Å². The summed E-state index contributed by atoms with van der Waals surface area (Å²) in [6.45, 7) is 5.27. The van der Waals surface area contributed by atoms with E-state index in [4.69, 9.17) is 0 Å². The molecule has 0 aliphatic carbocycles. The minimum absolute atomic E-state index is 0. The first-order chi connectivity index (χ1) is 10.8. The van der Waals surface area contributed by atoms with Gasteiger partial charge in [-0.25, -0.2) is 4.98 Å². The smallest absolute Gasteiger partial charge is 0.191 e. The molecule has 0 radical (unpaired) electrons. The average Bonchev–Trinajstić information content (AvgIpc) is 2.77. The van der Waals surface area contributed by atoms with Gasteiger partial charge in [-0.1, -0.05) is 12.8 Å². The van der Waals surface area contributed by atoms with Crippen LogP contribution < -0.4 is 10.6 Å². The Morgan fingerprint density at radius 3 is 2.57 bits per heavy atom. The van der Waals surface area contributed by atoms with Gasteiger partial charge in [0.25, 0.3) is 0 Å². The van der Waals surface area contributed by atoms with E-state index in [1.54, 1.807) is 18.1 Å². The van der Waals surface area contributed by atoms with Crippen LogP contribution in [0.1, 0.15) is 37.9 Å². The third kappa shape index (κ3) is 7.47. The number of aliphatic imine (C=N–C) groups is 1. The van der Waals surface area contributed by atoms with Crippen LogP contribution in [0.4, 0.5) is 0 Å². The van der Waals surface area contributed by atoms with Gasteiger partial charge in [-0.15, -0.1) is 24.0 Å². The highest BCUT2D eigenvalue weighted by Crippen LogP contribution is 2.09. The summed E-state index contributed by atoms with van der Waals surface area (Å²) in [4.78, 5) is 11.0. The molecular formula is C15H30IN7. The first kappa shape index (κ1) is 20.1. The molecule has 0 atom stereocenters. The third-order valence-corrected chi connectivity index (χ3v) is 4.08. The minimum Gasteiger partial charge on any atom is -0.356 e. The fraction of sp³-hybridized carbons (Fsp3) is 0.800. The van der Waals surface area contributed by atoms with Gasteiger partial charge in [0.2, 0.25) is 0 Å². The highest BCUT2D eigenvalue weighted by molar-refractivity contribution is 14.0. The Labute approximate surface area is 156 Å². The molecule has 1 aromatic heterocycles. The zero-order chi connectivity index (χ0) is 15.6. The van der Waals surface area contributed by atoms with Crippen molar-refractivity contribution in [2.45, 2.75) is 38.6 Å². The van der Waals surface area contributed by atoms with E-state index in [-0.39, 0.29) is 24.0 Å². The van der Waals surface area contributed by atoms with Gasteiger partial charge in [-0.3, -0.25) is 9.67 Å². The number of nitrogens with zero attached hydrogens (tertiary/aromatic N) is 5. The molecule has 2 N–H and O–H groups in total. The maximum absolute atomic E-state index is 4.24. The van der Waals surface area contributed by atoms with Crippen molar-refractivity contribution >= 4 is 29.9 Å². The predicted molar refractivity (Wildman–Crippen MR) is 104 cm³/mol. The van der Waals surface area contributed by atoms with E-state index in [1.165, 1.54) is 45.3 Å². The molecule has 7 nitrogen and oxygen atoms in total. The molecule has 23 heavy (non-hydrogen) atoms. The molecule has 0 unspecified atom stereocenters. The molecule has 2 heterocycles. The van der Waals surface area contributed by atoms with Gasteiger partial charge < -0.3 is 15.5 Å². The van der Waals surface area contributed by atoms with Crippen LogP contribution in [0.15, 0.2) is 11.3 Å². The molecule has 0 bridgehead atoms. The molecule has 0 aromatic carbocycles. The van der Waals surface area contributed by atoms with Crippen molar-refractivity contribution in [3.63, 3.8) is 0 Å². The van der Waals surface area contributed by atoms with Crippen molar-refractivity contribution in [2.24, 2.45) is 12.0 Å². The standard InChI is InChI=1S/C15H29N7.HI/c1-16-15(18-12-14-19-13-20-21(14)2)17-8-7-11-22-9-5-3-4-6-10-22;/h13H,3-12H2,1-2H3,(H2,16,17,18);1H. The molecular weight excluding hydrogens is 405 g/mol. The van der Waals surface area contributed by atoms with Gasteiger partial charge in [0.1, 0.15) is 12.2 Å². The van der Waals surface area contributed by atoms with Crippen LogP contribution >= 0.6 is 24.0 Å². The van der Waals surface area contributed by atoms with Gasteiger partial charge in [0, 0.05) is 20.6 Å². The summed E-state index contributed by atoms with van der Waals surface area (Å²) in [5, 5.41) is 10.7. The minimum atomic E-state index is 0. The molecule has 1 aliphatic heterocycles. The van der Waals surface area contributed by atoms with Crippen molar-refractivity contribution < 1.29 is 0 Å². The molecule has 132 valence electrons. The Bertz CT molecular complexity index is 452. The van der Waals surface area contributed by atoms with Crippen LogP contribution in [0.5, 0.6) is 0 Å². The Kier molecular flexibility index (Phi) is 10.2. The number of aromatic nitrogens is 3. The Morgan fingerprint density at radius 1 is 1.22 bits per heavy atom. The number of rotatable bonds is 6. The molecule has 1 aromatic rings. The van der Waals surface area contributed by atoms with Crippen molar-refractivity contribution in [1.29, 1.82) is 0 Å². The lowest BCUT2D eigenvalue weighted by molar-refractivity contribution is 0.282. The van der Waals surface area contributed by atoms with E-state index in [0.717, 1.165) is 24.7 Å². The number of guanidine groups is 1. The predicted octanol–water partition coefficient (Wildman–Crippen LogP) is 1.36.